The number of halogens is 1. The number of ether oxygens (including phenoxy) is 2. The average molecular weight is 484 g/mol. The van der Waals surface area contributed by atoms with Crippen molar-refractivity contribution in [2.75, 3.05) is 19.8 Å². The van der Waals surface area contributed by atoms with Crippen molar-refractivity contribution in [2.45, 2.75) is 64.0 Å². The smallest absolute Gasteiger partial charge is 0.249 e. The number of hydrogen-bond donors (Lipinski definition) is 1. The molecule has 1 amide bonds. The second-order valence-corrected chi connectivity index (χ2v) is 9.22. The maximum atomic E-state index is 12.0. The third kappa shape index (κ3) is 6.97. The van der Waals surface area contributed by atoms with Gasteiger partial charge in [-0.3, -0.25) is 4.79 Å². The van der Waals surface area contributed by atoms with Gasteiger partial charge in [0.2, 0.25) is 5.91 Å². The van der Waals surface area contributed by atoms with Crippen LogP contribution in [-0.2, 0) is 22.5 Å². The number of para-hydroxylation sites is 2. The van der Waals surface area contributed by atoms with Gasteiger partial charge < -0.3 is 19.4 Å². The summed E-state index contributed by atoms with van der Waals surface area (Å²) in [6, 6.07) is 15.8. The van der Waals surface area contributed by atoms with Crippen LogP contribution in [0.2, 0.25) is 5.02 Å². The van der Waals surface area contributed by atoms with Crippen LogP contribution < -0.4 is 10.1 Å². The van der Waals surface area contributed by atoms with Crippen LogP contribution in [0.25, 0.3) is 11.0 Å². The first kappa shape index (κ1) is 24.6. The predicted octanol–water partition coefficient (Wildman–Crippen LogP) is 5.56. The lowest BCUT2D eigenvalue weighted by Gasteiger charge is -2.11. The SMILES string of the molecule is O=C(NCCCCCc1nc2ccccc2n1CCCCOc1ccc(Cl)cc1)C1CCCO1. The van der Waals surface area contributed by atoms with Gasteiger partial charge in [-0.25, -0.2) is 4.98 Å². The molecule has 0 saturated carbocycles. The molecule has 0 aliphatic carbocycles. The van der Waals surface area contributed by atoms with Gasteiger partial charge in [-0.15, -0.1) is 0 Å². The van der Waals surface area contributed by atoms with Crippen LogP contribution in [0.3, 0.4) is 0 Å². The van der Waals surface area contributed by atoms with E-state index in [9.17, 15) is 4.79 Å². The topological polar surface area (TPSA) is 65.4 Å². The van der Waals surface area contributed by atoms with Crippen molar-refractivity contribution in [3.05, 3.63) is 59.4 Å². The van der Waals surface area contributed by atoms with Crippen molar-refractivity contribution in [2.24, 2.45) is 0 Å². The number of carbonyl (C=O) groups is 1. The van der Waals surface area contributed by atoms with Crippen LogP contribution >= 0.6 is 11.6 Å². The van der Waals surface area contributed by atoms with E-state index in [1.165, 1.54) is 5.52 Å². The van der Waals surface area contributed by atoms with Gasteiger partial charge in [-0.1, -0.05) is 30.2 Å². The molecular weight excluding hydrogens is 450 g/mol. The standard InChI is InChI=1S/C27H34ClN3O3/c28-21-13-15-22(16-14-21)33-19-7-6-18-31-24-10-4-3-9-23(24)30-26(31)12-2-1-5-17-29-27(32)25-11-8-20-34-25/h3-4,9-10,13-16,25H,1-2,5-8,11-12,17-20H2,(H,29,32). The molecule has 1 aliphatic rings. The molecule has 182 valence electrons. The fourth-order valence-electron chi connectivity index (χ4n) is 4.35. The molecule has 1 aromatic heterocycles. The normalized spacial score (nSPS) is 15.6. The van der Waals surface area contributed by atoms with E-state index in [2.05, 4.69) is 28.1 Å². The molecular formula is C27H34ClN3O3. The highest BCUT2D eigenvalue weighted by molar-refractivity contribution is 6.30. The van der Waals surface area contributed by atoms with E-state index in [1.54, 1.807) is 0 Å². The van der Waals surface area contributed by atoms with E-state index >= 15 is 0 Å². The van der Waals surface area contributed by atoms with Gasteiger partial charge in [0.1, 0.15) is 17.7 Å². The summed E-state index contributed by atoms with van der Waals surface area (Å²) in [6.07, 6.45) is 7.61. The molecule has 1 unspecified atom stereocenters. The number of imidazole rings is 1. The zero-order chi connectivity index (χ0) is 23.6. The van der Waals surface area contributed by atoms with Crippen LogP contribution in [-0.4, -0.2) is 41.3 Å². The Morgan fingerprint density at radius 3 is 2.76 bits per heavy atom. The van der Waals surface area contributed by atoms with Crippen LogP contribution in [0.4, 0.5) is 0 Å². The van der Waals surface area contributed by atoms with Gasteiger partial charge in [0.15, 0.2) is 0 Å². The van der Waals surface area contributed by atoms with Gasteiger partial charge in [0.05, 0.1) is 17.6 Å². The maximum absolute atomic E-state index is 12.0. The number of hydrogen-bond acceptors (Lipinski definition) is 4. The van der Waals surface area contributed by atoms with Crippen molar-refractivity contribution in [3.8, 4) is 5.75 Å². The number of rotatable bonds is 13. The third-order valence-electron chi connectivity index (χ3n) is 6.19. The second kappa shape index (κ2) is 12.8. The molecule has 34 heavy (non-hydrogen) atoms. The highest BCUT2D eigenvalue weighted by atomic mass is 35.5. The molecule has 4 rings (SSSR count). The summed E-state index contributed by atoms with van der Waals surface area (Å²) in [5, 5.41) is 3.73. The number of carbonyl (C=O) groups excluding carboxylic acids is 1. The first-order valence-electron chi connectivity index (χ1n) is 12.4. The minimum absolute atomic E-state index is 0.0411. The van der Waals surface area contributed by atoms with Crippen molar-refractivity contribution in [3.63, 3.8) is 0 Å². The van der Waals surface area contributed by atoms with E-state index in [1.807, 2.05) is 30.3 Å². The lowest BCUT2D eigenvalue weighted by atomic mass is 10.1. The summed E-state index contributed by atoms with van der Waals surface area (Å²) in [7, 11) is 0. The molecule has 7 heteroatoms. The molecule has 6 nitrogen and oxygen atoms in total. The summed E-state index contributed by atoms with van der Waals surface area (Å²) in [5.41, 5.74) is 2.25. The van der Waals surface area contributed by atoms with E-state index in [4.69, 9.17) is 26.1 Å². The van der Waals surface area contributed by atoms with E-state index in [0.29, 0.717) is 19.8 Å². The molecule has 0 spiro atoms. The molecule has 1 N–H and O–H groups in total. The average Bonchev–Trinajstić information content (AvgIpc) is 3.51. The number of fused-ring (bicyclic) bond motifs is 1. The number of aromatic nitrogens is 2. The maximum Gasteiger partial charge on any atom is 0.249 e. The summed E-state index contributed by atoms with van der Waals surface area (Å²) < 4.78 is 13.6. The molecule has 1 saturated heterocycles. The van der Waals surface area contributed by atoms with Crippen LogP contribution in [0.15, 0.2) is 48.5 Å². The highest BCUT2D eigenvalue weighted by Gasteiger charge is 2.22. The zero-order valence-corrected chi connectivity index (χ0v) is 20.4. The first-order chi connectivity index (χ1) is 16.7. The molecule has 1 aliphatic heterocycles. The minimum Gasteiger partial charge on any atom is -0.494 e. The largest absolute Gasteiger partial charge is 0.494 e. The molecule has 1 atom stereocenters. The van der Waals surface area contributed by atoms with Gasteiger partial charge in [0, 0.05) is 31.1 Å². The fourth-order valence-corrected chi connectivity index (χ4v) is 4.48. The van der Waals surface area contributed by atoms with Gasteiger partial charge in [-0.2, -0.15) is 0 Å². The van der Waals surface area contributed by atoms with E-state index in [-0.39, 0.29) is 12.0 Å². The monoisotopic (exact) mass is 483 g/mol. The summed E-state index contributed by atoms with van der Waals surface area (Å²) in [6.45, 7) is 3.02. The summed E-state index contributed by atoms with van der Waals surface area (Å²) >= 11 is 5.93. The first-order valence-corrected chi connectivity index (χ1v) is 12.8. The summed E-state index contributed by atoms with van der Waals surface area (Å²) in [4.78, 5) is 16.9. The lowest BCUT2D eigenvalue weighted by molar-refractivity contribution is -0.130. The zero-order valence-electron chi connectivity index (χ0n) is 19.7. The Balaban J connectivity index is 1.20. The van der Waals surface area contributed by atoms with E-state index in [0.717, 1.165) is 80.0 Å². The van der Waals surface area contributed by atoms with Crippen LogP contribution in [0.1, 0.15) is 50.8 Å². The molecule has 1 fully saturated rings. The number of benzene rings is 2. The Morgan fingerprint density at radius 1 is 1.09 bits per heavy atom. The summed E-state index contributed by atoms with van der Waals surface area (Å²) in [5.74, 6) is 2.03. The second-order valence-electron chi connectivity index (χ2n) is 8.78. The lowest BCUT2D eigenvalue weighted by Crippen LogP contribution is -2.34. The van der Waals surface area contributed by atoms with Crippen molar-refractivity contribution >= 4 is 28.5 Å². The molecule has 0 bridgehead atoms. The molecule has 0 radical (unpaired) electrons. The predicted molar refractivity (Wildman–Crippen MR) is 135 cm³/mol. The number of unbranched alkanes of at least 4 members (excludes halogenated alkanes) is 3. The Morgan fingerprint density at radius 2 is 1.94 bits per heavy atom. The Hall–Kier alpha value is -2.57. The van der Waals surface area contributed by atoms with Gasteiger partial charge in [-0.05, 0) is 74.9 Å². The Bertz CT molecular complexity index is 1040. The third-order valence-corrected chi connectivity index (χ3v) is 6.44. The van der Waals surface area contributed by atoms with Crippen molar-refractivity contribution in [1.82, 2.24) is 14.9 Å². The van der Waals surface area contributed by atoms with Crippen molar-refractivity contribution < 1.29 is 14.3 Å². The van der Waals surface area contributed by atoms with Gasteiger partial charge in [0.25, 0.3) is 0 Å². The fraction of sp³-hybridized carbons (Fsp3) is 0.481. The van der Waals surface area contributed by atoms with Crippen LogP contribution in [0.5, 0.6) is 5.75 Å². The van der Waals surface area contributed by atoms with Crippen molar-refractivity contribution in [1.29, 1.82) is 0 Å². The van der Waals surface area contributed by atoms with E-state index < -0.39 is 0 Å². The Kier molecular flexibility index (Phi) is 9.22. The molecule has 3 aromatic rings. The number of aryl methyl sites for hydroxylation is 2. The van der Waals surface area contributed by atoms with Crippen LogP contribution in [0, 0.1) is 0 Å². The molecule has 2 aromatic carbocycles. The van der Waals surface area contributed by atoms with Gasteiger partial charge >= 0.3 is 0 Å². The molecule has 2 heterocycles. The highest BCUT2D eigenvalue weighted by Crippen LogP contribution is 2.20. The number of nitrogens with one attached hydrogen (secondary N) is 1. The number of amides is 1. The quantitative estimate of drug-likeness (QED) is 0.323. The minimum atomic E-state index is -0.239. The number of nitrogens with zero attached hydrogens (tertiary/aromatic N) is 2. The Labute approximate surface area is 206 Å².